The molecule has 21 heteroatoms. The monoisotopic (exact) mass is 886 g/mol. The number of fused-ring (bicyclic) bond motifs is 4. The minimum atomic E-state index is -0.943. The molecule has 4 aliphatic heterocycles. The average Bonchev–Trinajstić information content (AvgIpc) is 3.60. The number of carboxylic acid groups (broad SMARTS) is 1. The number of carboxylic acids is 1. The maximum Gasteiger partial charge on any atom is 0.407 e. The van der Waals surface area contributed by atoms with Gasteiger partial charge in [0.05, 0.1) is 25.3 Å². The van der Waals surface area contributed by atoms with E-state index < -0.39 is 47.3 Å². The van der Waals surface area contributed by atoms with Crippen molar-refractivity contribution >= 4 is 36.1 Å². The predicted molar refractivity (Wildman–Crippen MR) is 224 cm³/mol. The molecule has 4 bridgehead atoms. The highest BCUT2D eigenvalue weighted by Gasteiger charge is 2.49. The van der Waals surface area contributed by atoms with Crippen LogP contribution in [0.3, 0.4) is 0 Å². The Balaban J connectivity index is 0.000000232. The number of carbonyl (C=O) groups excluding carboxylic acids is 5. The molecule has 6 N–H and O–H groups in total. The lowest BCUT2D eigenvalue weighted by atomic mass is 10.0. The summed E-state index contributed by atoms with van der Waals surface area (Å²) < 4.78 is 10.0. The third-order valence-corrected chi connectivity index (χ3v) is 9.59. The summed E-state index contributed by atoms with van der Waals surface area (Å²) in [5.41, 5.74) is 3.26. The Labute approximate surface area is 367 Å². The van der Waals surface area contributed by atoms with E-state index in [4.69, 9.17) is 35.0 Å². The third kappa shape index (κ3) is 16.2. The molecular formula is C42H62N8O13. The van der Waals surface area contributed by atoms with Gasteiger partial charge < -0.3 is 39.9 Å². The van der Waals surface area contributed by atoms with E-state index in [1.165, 1.54) is 19.9 Å². The van der Waals surface area contributed by atoms with Gasteiger partial charge in [-0.1, -0.05) is 60.7 Å². The Hall–Kier alpha value is -5.74. The highest BCUT2D eigenvalue weighted by Crippen LogP contribution is 2.32. The molecule has 7 amide bonds. The van der Waals surface area contributed by atoms with Gasteiger partial charge >= 0.3 is 30.2 Å². The Bertz CT molecular complexity index is 1810. The number of hydroxylamine groups is 5. The molecule has 21 nitrogen and oxygen atoms in total. The predicted octanol–water partition coefficient (Wildman–Crippen LogP) is 3.83. The van der Waals surface area contributed by atoms with E-state index in [1.54, 1.807) is 41.5 Å². The van der Waals surface area contributed by atoms with E-state index in [9.17, 15) is 28.8 Å². The number of aliphatic carboxylic acids is 1. The van der Waals surface area contributed by atoms with Gasteiger partial charge in [0.1, 0.15) is 36.5 Å². The number of nitrogens with zero attached hydrogens (tertiary/aromatic N) is 4. The molecule has 4 fully saturated rings. The number of carbonyl (C=O) groups is 6. The number of urea groups is 2. The van der Waals surface area contributed by atoms with E-state index in [0.29, 0.717) is 58.5 Å². The zero-order chi connectivity index (χ0) is 46.2. The normalized spacial score (nSPS) is 20.2. The Kier molecular flexibility index (Phi) is 18.7. The topological polar surface area (TPSA) is 253 Å². The van der Waals surface area contributed by atoms with Gasteiger partial charge in [0.2, 0.25) is 0 Å². The van der Waals surface area contributed by atoms with Crippen molar-refractivity contribution in [3.63, 3.8) is 0 Å². The van der Waals surface area contributed by atoms with E-state index >= 15 is 0 Å². The maximum absolute atomic E-state index is 12.7. The van der Waals surface area contributed by atoms with Gasteiger partial charge in [-0.2, -0.15) is 10.1 Å². The summed E-state index contributed by atoms with van der Waals surface area (Å²) in [6.07, 6.45) is 1.31. The first-order valence-corrected chi connectivity index (χ1v) is 20.8. The molecule has 0 saturated carbocycles. The number of ether oxygens (including phenoxy) is 2. The summed E-state index contributed by atoms with van der Waals surface area (Å²) >= 11 is 0. The molecular weight excluding hydrogens is 825 g/mol. The number of alkyl carbamates (subject to hydrolysis) is 2. The Morgan fingerprint density at radius 3 is 1.52 bits per heavy atom. The van der Waals surface area contributed by atoms with Gasteiger partial charge in [0.25, 0.3) is 5.91 Å². The van der Waals surface area contributed by atoms with Gasteiger partial charge in [0.15, 0.2) is 0 Å². The van der Waals surface area contributed by atoms with Gasteiger partial charge in [-0.3, -0.25) is 19.3 Å². The number of nitrogens with two attached hydrogens (primary N) is 1. The number of rotatable bonds is 15. The van der Waals surface area contributed by atoms with Crippen molar-refractivity contribution in [2.24, 2.45) is 5.90 Å². The zero-order valence-corrected chi connectivity index (χ0v) is 36.8. The summed E-state index contributed by atoms with van der Waals surface area (Å²) in [7, 11) is 0. The van der Waals surface area contributed by atoms with E-state index in [-0.39, 0.29) is 43.9 Å². The number of amides is 7. The summed E-state index contributed by atoms with van der Waals surface area (Å²) in [5, 5.41) is 16.8. The van der Waals surface area contributed by atoms with Crippen LogP contribution in [0.15, 0.2) is 60.7 Å². The Morgan fingerprint density at radius 2 is 1.10 bits per heavy atom. The van der Waals surface area contributed by atoms with Crippen LogP contribution in [-0.4, -0.2) is 136 Å². The summed E-state index contributed by atoms with van der Waals surface area (Å²) in [4.78, 5) is 94.6. The quantitative estimate of drug-likeness (QED) is 0.126. The fraction of sp³-hybridized carbons (Fsp3) is 0.571. The van der Waals surface area contributed by atoms with Gasteiger partial charge in [-0.05, 0) is 78.4 Å². The molecule has 2 aromatic carbocycles. The van der Waals surface area contributed by atoms with Crippen molar-refractivity contribution in [3.05, 3.63) is 71.8 Å². The molecule has 6 rings (SSSR count). The van der Waals surface area contributed by atoms with Gasteiger partial charge in [-0.25, -0.2) is 35.3 Å². The van der Waals surface area contributed by atoms with Crippen LogP contribution >= 0.6 is 0 Å². The minimum absolute atomic E-state index is 0.0400. The van der Waals surface area contributed by atoms with E-state index in [2.05, 4.69) is 21.0 Å². The first-order chi connectivity index (χ1) is 29.9. The van der Waals surface area contributed by atoms with Crippen LogP contribution in [0, 0.1) is 0 Å². The summed E-state index contributed by atoms with van der Waals surface area (Å²) in [6.45, 7) is 13.1. The molecule has 4 atom stereocenters. The van der Waals surface area contributed by atoms with Crippen LogP contribution in [0.4, 0.5) is 19.2 Å². The van der Waals surface area contributed by atoms with Crippen LogP contribution < -0.4 is 22.0 Å². The summed E-state index contributed by atoms with van der Waals surface area (Å²) in [6, 6.07) is 17.1. The highest BCUT2D eigenvalue weighted by atomic mass is 16.7. The lowest BCUT2D eigenvalue weighted by Crippen LogP contribution is -2.50. The second-order valence-electron chi connectivity index (χ2n) is 16.9. The molecule has 4 saturated heterocycles. The first kappa shape index (κ1) is 49.9. The minimum Gasteiger partial charge on any atom is -0.480 e. The number of hydrogen-bond donors (Lipinski definition) is 5. The average molecular weight is 887 g/mol. The third-order valence-electron chi connectivity index (χ3n) is 9.59. The van der Waals surface area contributed by atoms with Crippen LogP contribution in [-0.2, 0) is 51.6 Å². The lowest BCUT2D eigenvalue weighted by molar-refractivity contribution is -0.143. The number of piperidine rings is 2. The van der Waals surface area contributed by atoms with Crippen LogP contribution in [0.2, 0.25) is 0 Å². The Morgan fingerprint density at radius 1 is 0.667 bits per heavy atom. The molecule has 0 aliphatic carbocycles. The smallest absolute Gasteiger partial charge is 0.407 e. The standard InChI is InChI=1S/C21H30N4O6.C14H16N2O4.C7H16N2O3/c1-21(2,3)31-19(27)22-11-12-29-23-18(26)17-10-9-16-13-24(17)20(28)25(16)30-14-15-7-5-4-6-8-15;17-13(18)12-7-6-11-8-15(12)14(19)16(11)20-9-10-4-2-1-3-5-10;1-7(2,3)12-6(10)9-4-5-11-8/h4-8,16-17H,9-14H2,1-3H3,(H,22,27)(H,23,26);1-5,11-12H,6-9H2,(H,17,18);4-5,8H2,1-3H3,(H,9,10)/t16-,17+;11-,12+;/m11./s1. The van der Waals surface area contributed by atoms with Crippen molar-refractivity contribution in [2.75, 3.05) is 39.4 Å². The lowest BCUT2D eigenvalue weighted by Gasteiger charge is -2.29. The van der Waals surface area contributed by atoms with E-state index in [0.717, 1.165) is 11.1 Å². The molecule has 63 heavy (non-hydrogen) atoms. The molecule has 0 radical (unpaired) electrons. The molecule has 0 aromatic heterocycles. The number of nitrogens with one attached hydrogen (secondary N) is 3. The van der Waals surface area contributed by atoms with Crippen molar-refractivity contribution in [3.8, 4) is 0 Å². The SMILES string of the molecule is CC(C)(C)OC(=O)NCCON.CC(C)(C)OC(=O)NCCONC(=O)[C@@H]1CC[C@@H]2CN1C(=O)N2OCc1ccccc1.O=C(O)[C@@H]1CC[C@@H]2CN1C(=O)N2OCc1ccccc1. The second kappa shape index (κ2) is 23.6. The fourth-order valence-corrected chi connectivity index (χ4v) is 6.80. The van der Waals surface area contributed by atoms with Crippen LogP contribution in [0.5, 0.6) is 0 Å². The van der Waals surface area contributed by atoms with Gasteiger partial charge in [-0.15, -0.1) is 0 Å². The number of benzene rings is 2. The van der Waals surface area contributed by atoms with Crippen molar-refractivity contribution < 1.29 is 62.7 Å². The highest BCUT2D eigenvalue weighted by molar-refractivity contribution is 5.88. The van der Waals surface area contributed by atoms with Crippen molar-refractivity contribution in [1.82, 2.24) is 36.0 Å². The van der Waals surface area contributed by atoms with Crippen molar-refractivity contribution in [1.29, 1.82) is 0 Å². The molecule has 348 valence electrons. The van der Waals surface area contributed by atoms with Crippen LogP contribution in [0.25, 0.3) is 0 Å². The number of hydrogen-bond acceptors (Lipinski definition) is 13. The largest absolute Gasteiger partial charge is 0.480 e. The molecule has 0 unspecified atom stereocenters. The van der Waals surface area contributed by atoms with E-state index in [1.807, 2.05) is 60.7 Å². The molecule has 2 aromatic rings. The van der Waals surface area contributed by atoms with Crippen molar-refractivity contribution in [2.45, 2.75) is 116 Å². The first-order valence-electron chi connectivity index (χ1n) is 20.8. The second-order valence-corrected chi connectivity index (χ2v) is 16.9. The maximum atomic E-state index is 12.7. The summed E-state index contributed by atoms with van der Waals surface area (Å²) in [5.74, 6) is 3.41. The molecule has 4 heterocycles. The molecule has 4 aliphatic rings. The molecule has 0 spiro atoms. The van der Waals surface area contributed by atoms with Gasteiger partial charge in [0, 0.05) is 26.2 Å². The zero-order valence-electron chi connectivity index (χ0n) is 36.8. The fourth-order valence-electron chi connectivity index (χ4n) is 6.80. The van der Waals surface area contributed by atoms with Crippen LogP contribution in [0.1, 0.15) is 78.4 Å².